The van der Waals surface area contributed by atoms with Crippen molar-refractivity contribution in [3.63, 3.8) is 0 Å². The SMILES string of the molecule is Cc1ccccc1[C@H]1[C@@H]2CN(C(=O)c3cccnn3)C[C@@H]2CN1C(=O)N(C)C. The number of urea groups is 1. The monoisotopic (exact) mass is 379 g/mol. The van der Waals surface area contributed by atoms with Gasteiger partial charge in [0, 0.05) is 51.8 Å². The number of hydrogen-bond acceptors (Lipinski definition) is 4. The number of aryl methyl sites for hydroxylation is 1. The zero-order chi connectivity index (χ0) is 19.8. The normalized spacial score (nSPS) is 23.6. The van der Waals surface area contributed by atoms with E-state index in [-0.39, 0.29) is 29.8 Å². The molecular formula is C21H25N5O2. The summed E-state index contributed by atoms with van der Waals surface area (Å²) < 4.78 is 0. The molecule has 2 aliphatic rings. The Morgan fingerprint density at radius 1 is 1.07 bits per heavy atom. The largest absolute Gasteiger partial charge is 0.337 e. The second-order valence-corrected chi connectivity index (χ2v) is 7.87. The molecule has 0 radical (unpaired) electrons. The number of rotatable bonds is 2. The highest BCUT2D eigenvalue weighted by Gasteiger charge is 2.50. The third kappa shape index (κ3) is 3.10. The molecule has 3 amide bonds. The molecular weight excluding hydrogens is 354 g/mol. The predicted molar refractivity (Wildman–Crippen MR) is 105 cm³/mol. The van der Waals surface area contributed by atoms with E-state index in [9.17, 15) is 9.59 Å². The van der Waals surface area contributed by atoms with Crippen LogP contribution in [0.25, 0.3) is 0 Å². The van der Waals surface area contributed by atoms with Gasteiger partial charge in [0.2, 0.25) is 0 Å². The van der Waals surface area contributed by atoms with Crippen molar-refractivity contribution in [3.05, 3.63) is 59.4 Å². The lowest BCUT2D eigenvalue weighted by molar-refractivity contribution is 0.0759. The molecule has 0 aliphatic carbocycles. The zero-order valence-corrected chi connectivity index (χ0v) is 16.4. The molecule has 2 fully saturated rings. The van der Waals surface area contributed by atoms with Gasteiger partial charge in [-0.25, -0.2) is 4.79 Å². The van der Waals surface area contributed by atoms with E-state index in [1.165, 1.54) is 11.1 Å². The van der Waals surface area contributed by atoms with Crippen LogP contribution in [0.2, 0.25) is 0 Å². The maximum atomic E-state index is 12.9. The molecule has 146 valence electrons. The summed E-state index contributed by atoms with van der Waals surface area (Å²) in [5.74, 6) is 0.385. The Morgan fingerprint density at radius 3 is 2.54 bits per heavy atom. The molecule has 0 spiro atoms. The Kier molecular flexibility index (Phi) is 4.75. The summed E-state index contributed by atoms with van der Waals surface area (Å²) in [6.45, 7) is 4.00. The maximum Gasteiger partial charge on any atom is 0.320 e. The highest BCUT2D eigenvalue weighted by atomic mass is 16.2. The van der Waals surface area contributed by atoms with Crippen LogP contribution in [-0.4, -0.2) is 70.6 Å². The third-order valence-corrected chi connectivity index (χ3v) is 5.88. The molecule has 0 unspecified atom stereocenters. The quantitative estimate of drug-likeness (QED) is 0.802. The molecule has 7 nitrogen and oxygen atoms in total. The van der Waals surface area contributed by atoms with E-state index in [2.05, 4.69) is 29.3 Å². The standard InChI is InChI=1S/C21H25N5O2/c1-14-7-4-5-8-16(14)19-17-13-25(20(27)18-9-6-10-22-23-18)11-15(17)12-26(19)21(28)24(2)3/h4-10,15,17,19H,11-13H2,1-3H3/t15-,17-,19+/m1/s1. The molecule has 28 heavy (non-hydrogen) atoms. The Labute approximate surface area is 165 Å². The lowest BCUT2D eigenvalue weighted by atomic mass is 9.88. The molecule has 0 saturated carbocycles. The van der Waals surface area contributed by atoms with E-state index in [1.54, 1.807) is 37.3 Å². The van der Waals surface area contributed by atoms with Gasteiger partial charge in [-0.1, -0.05) is 24.3 Å². The van der Waals surface area contributed by atoms with Crippen LogP contribution in [0.4, 0.5) is 4.79 Å². The summed E-state index contributed by atoms with van der Waals surface area (Å²) in [6.07, 6.45) is 1.56. The van der Waals surface area contributed by atoms with Gasteiger partial charge in [-0.05, 0) is 30.2 Å². The fourth-order valence-corrected chi connectivity index (χ4v) is 4.56. The average Bonchev–Trinajstić information content (AvgIpc) is 3.26. The minimum absolute atomic E-state index is 0.0226. The Bertz CT molecular complexity index is 885. The number of nitrogens with zero attached hydrogens (tertiary/aromatic N) is 5. The minimum atomic E-state index is -0.0866. The van der Waals surface area contributed by atoms with Gasteiger partial charge in [-0.3, -0.25) is 4.79 Å². The van der Waals surface area contributed by atoms with Crippen molar-refractivity contribution in [1.82, 2.24) is 24.9 Å². The summed E-state index contributed by atoms with van der Waals surface area (Å²) in [5.41, 5.74) is 2.71. The first-order valence-corrected chi connectivity index (χ1v) is 9.57. The first-order valence-electron chi connectivity index (χ1n) is 9.57. The molecule has 1 aromatic heterocycles. The van der Waals surface area contributed by atoms with Crippen molar-refractivity contribution in [3.8, 4) is 0 Å². The molecule has 2 saturated heterocycles. The van der Waals surface area contributed by atoms with Crippen LogP contribution in [-0.2, 0) is 0 Å². The second-order valence-electron chi connectivity index (χ2n) is 7.87. The summed E-state index contributed by atoms with van der Waals surface area (Å²) >= 11 is 0. The van der Waals surface area contributed by atoms with E-state index in [1.807, 2.05) is 21.9 Å². The van der Waals surface area contributed by atoms with Crippen LogP contribution in [0.1, 0.15) is 27.7 Å². The molecule has 2 aliphatic heterocycles. The van der Waals surface area contributed by atoms with E-state index in [4.69, 9.17) is 0 Å². The molecule has 2 aromatic rings. The number of amides is 3. The number of hydrogen-bond donors (Lipinski definition) is 0. The van der Waals surface area contributed by atoms with Gasteiger partial charge >= 0.3 is 6.03 Å². The van der Waals surface area contributed by atoms with Crippen molar-refractivity contribution in [2.45, 2.75) is 13.0 Å². The van der Waals surface area contributed by atoms with Gasteiger partial charge in [-0.2, -0.15) is 5.10 Å². The third-order valence-electron chi connectivity index (χ3n) is 5.88. The lowest BCUT2D eigenvalue weighted by Gasteiger charge is -2.32. The summed E-state index contributed by atoms with van der Waals surface area (Å²) in [6, 6.07) is 11.6. The number of carbonyl (C=O) groups excluding carboxylic acids is 2. The topological polar surface area (TPSA) is 69.6 Å². The molecule has 0 N–H and O–H groups in total. The van der Waals surface area contributed by atoms with Crippen molar-refractivity contribution >= 4 is 11.9 Å². The highest BCUT2D eigenvalue weighted by Crippen LogP contribution is 2.46. The van der Waals surface area contributed by atoms with Crippen molar-refractivity contribution < 1.29 is 9.59 Å². The lowest BCUT2D eigenvalue weighted by Crippen LogP contribution is -2.42. The Balaban J connectivity index is 1.63. The van der Waals surface area contributed by atoms with Gasteiger partial charge < -0.3 is 14.7 Å². The van der Waals surface area contributed by atoms with Gasteiger partial charge in [-0.15, -0.1) is 5.10 Å². The van der Waals surface area contributed by atoms with Gasteiger partial charge in [0.25, 0.3) is 5.91 Å². The number of benzene rings is 1. The van der Waals surface area contributed by atoms with Crippen LogP contribution >= 0.6 is 0 Å². The minimum Gasteiger partial charge on any atom is -0.337 e. The summed E-state index contributed by atoms with van der Waals surface area (Å²) in [7, 11) is 3.57. The highest BCUT2D eigenvalue weighted by molar-refractivity contribution is 5.92. The summed E-state index contributed by atoms with van der Waals surface area (Å²) in [4.78, 5) is 31.2. The van der Waals surface area contributed by atoms with Crippen molar-refractivity contribution in [2.24, 2.45) is 11.8 Å². The van der Waals surface area contributed by atoms with E-state index in [0.717, 1.165) is 0 Å². The van der Waals surface area contributed by atoms with Crippen LogP contribution in [0.15, 0.2) is 42.6 Å². The molecule has 4 rings (SSSR count). The number of carbonyl (C=O) groups is 2. The molecule has 3 atom stereocenters. The fourth-order valence-electron chi connectivity index (χ4n) is 4.56. The first-order chi connectivity index (χ1) is 13.5. The van der Waals surface area contributed by atoms with Crippen LogP contribution < -0.4 is 0 Å². The van der Waals surface area contributed by atoms with E-state index in [0.29, 0.717) is 25.3 Å². The number of fused-ring (bicyclic) bond motifs is 1. The smallest absolute Gasteiger partial charge is 0.320 e. The average molecular weight is 379 g/mol. The van der Waals surface area contributed by atoms with Crippen LogP contribution in [0, 0.1) is 18.8 Å². The number of likely N-dealkylation sites (tertiary alicyclic amines) is 2. The van der Waals surface area contributed by atoms with E-state index >= 15 is 0 Å². The number of aromatic nitrogens is 2. The second kappa shape index (κ2) is 7.22. The predicted octanol–water partition coefficient (Wildman–Crippen LogP) is 2.21. The van der Waals surface area contributed by atoms with Crippen molar-refractivity contribution in [2.75, 3.05) is 33.7 Å². The fraction of sp³-hybridized carbons (Fsp3) is 0.429. The van der Waals surface area contributed by atoms with Crippen LogP contribution in [0.5, 0.6) is 0 Å². The van der Waals surface area contributed by atoms with Crippen molar-refractivity contribution in [1.29, 1.82) is 0 Å². The van der Waals surface area contributed by atoms with Gasteiger partial charge in [0.15, 0.2) is 5.69 Å². The zero-order valence-electron chi connectivity index (χ0n) is 16.4. The maximum absolute atomic E-state index is 12.9. The van der Waals surface area contributed by atoms with Crippen LogP contribution in [0.3, 0.4) is 0 Å². The summed E-state index contributed by atoms with van der Waals surface area (Å²) in [5, 5.41) is 7.78. The molecule has 0 bridgehead atoms. The Hall–Kier alpha value is -2.96. The molecule has 7 heteroatoms. The Morgan fingerprint density at radius 2 is 1.86 bits per heavy atom. The first kappa shape index (κ1) is 18.4. The van der Waals surface area contributed by atoms with Gasteiger partial charge in [0.1, 0.15) is 0 Å². The molecule has 3 heterocycles. The molecule has 1 aromatic carbocycles. The van der Waals surface area contributed by atoms with Gasteiger partial charge in [0.05, 0.1) is 6.04 Å². The van der Waals surface area contributed by atoms with E-state index < -0.39 is 0 Å².